The van der Waals surface area contributed by atoms with E-state index in [0.29, 0.717) is 32.3 Å². The van der Waals surface area contributed by atoms with Gasteiger partial charge in [0.15, 0.2) is 0 Å². The molecule has 3 heterocycles. The van der Waals surface area contributed by atoms with Crippen molar-refractivity contribution in [2.45, 2.75) is 19.8 Å². The van der Waals surface area contributed by atoms with Crippen molar-refractivity contribution in [1.82, 2.24) is 15.7 Å². The number of hydrogen-bond donors (Lipinski definition) is 3. The van der Waals surface area contributed by atoms with Gasteiger partial charge < -0.3 is 15.2 Å². The minimum Gasteiger partial charge on any atom is -0.506 e. The summed E-state index contributed by atoms with van der Waals surface area (Å²) in [6.07, 6.45) is -3.17. The first kappa shape index (κ1) is 26.8. The van der Waals surface area contributed by atoms with Crippen molar-refractivity contribution in [3.05, 3.63) is 87.2 Å². The minimum atomic E-state index is -4.80. The average molecular weight is 561 g/mol. The number of alkyl halides is 3. The average Bonchev–Trinajstić information content (AvgIpc) is 3.53. The largest absolute Gasteiger partial charge is 0.573 e. The van der Waals surface area contributed by atoms with Crippen LogP contribution in [0.15, 0.2) is 71.3 Å². The van der Waals surface area contributed by atoms with E-state index in [4.69, 9.17) is 0 Å². The Balaban J connectivity index is 1.38. The Labute approximate surface area is 222 Å². The van der Waals surface area contributed by atoms with E-state index in [0.717, 1.165) is 34.8 Å². The van der Waals surface area contributed by atoms with Crippen molar-refractivity contribution < 1.29 is 32.6 Å². The number of hydrazone groups is 1. The SMILES string of the molecule is C/C(=N\NC(=O)c1ccc(C(=O)NCc2ccccn2)s1)c1csc(-c2ccc(OC(F)(F)F)cc2)c1O. The Morgan fingerprint density at radius 2 is 1.76 bits per heavy atom. The van der Waals surface area contributed by atoms with Crippen molar-refractivity contribution in [2.75, 3.05) is 0 Å². The number of aromatic nitrogens is 1. The summed E-state index contributed by atoms with van der Waals surface area (Å²) >= 11 is 2.16. The summed E-state index contributed by atoms with van der Waals surface area (Å²) in [5.74, 6) is -1.38. The van der Waals surface area contributed by atoms with Crippen LogP contribution in [-0.4, -0.2) is 34.0 Å². The molecule has 4 rings (SSSR count). The van der Waals surface area contributed by atoms with Gasteiger partial charge in [0.2, 0.25) is 0 Å². The summed E-state index contributed by atoms with van der Waals surface area (Å²) in [6.45, 7) is 1.83. The molecular formula is C25H19F3N4O4S2. The van der Waals surface area contributed by atoms with Crippen molar-refractivity contribution >= 4 is 40.2 Å². The van der Waals surface area contributed by atoms with Gasteiger partial charge >= 0.3 is 6.36 Å². The molecule has 0 fully saturated rings. The molecule has 0 aliphatic rings. The first-order valence-corrected chi connectivity index (χ1v) is 12.6. The second-order valence-corrected chi connectivity index (χ2v) is 9.67. The molecule has 0 spiro atoms. The van der Waals surface area contributed by atoms with Gasteiger partial charge in [-0.1, -0.05) is 6.07 Å². The van der Waals surface area contributed by atoms with Crippen LogP contribution in [0.5, 0.6) is 11.5 Å². The zero-order valence-electron chi connectivity index (χ0n) is 19.6. The third-order valence-corrected chi connectivity index (χ3v) is 7.14. The number of carbonyl (C=O) groups is 2. The maximum atomic E-state index is 12.5. The molecule has 0 aliphatic heterocycles. The Morgan fingerprint density at radius 3 is 2.42 bits per heavy atom. The zero-order chi connectivity index (χ0) is 27.3. The van der Waals surface area contributed by atoms with Crippen LogP contribution in [0.1, 0.15) is 37.5 Å². The molecule has 13 heteroatoms. The number of benzene rings is 1. The number of ether oxygens (including phenoxy) is 1. The van der Waals surface area contributed by atoms with Crippen molar-refractivity contribution in [3.8, 4) is 21.9 Å². The van der Waals surface area contributed by atoms with Gasteiger partial charge in [-0.05, 0) is 61.0 Å². The molecule has 0 saturated carbocycles. The predicted octanol–water partition coefficient (Wildman–Crippen LogP) is 5.56. The standard InChI is InChI=1S/C25H19F3N4O4S2/c1-14(18-13-37-22(21(18)33)15-5-7-17(8-6-15)36-25(26,27)28)31-32-24(35)20-10-9-19(38-20)23(34)30-12-16-4-2-3-11-29-16/h2-11,13,33H,12H2,1H3,(H,30,34)(H,32,35)/b31-14+. The summed E-state index contributed by atoms with van der Waals surface area (Å²) in [5.41, 5.74) is 4.24. The zero-order valence-corrected chi connectivity index (χ0v) is 21.2. The van der Waals surface area contributed by atoms with E-state index in [1.165, 1.54) is 24.3 Å². The van der Waals surface area contributed by atoms with Crippen LogP contribution in [0.4, 0.5) is 13.2 Å². The van der Waals surface area contributed by atoms with E-state index in [1.807, 2.05) is 6.07 Å². The Morgan fingerprint density at radius 1 is 1.05 bits per heavy atom. The van der Waals surface area contributed by atoms with E-state index < -0.39 is 12.3 Å². The topological polar surface area (TPSA) is 113 Å². The molecule has 38 heavy (non-hydrogen) atoms. The van der Waals surface area contributed by atoms with Crippen LogP contribution in [-0.2, 0) is 6.54 Å². The molecule has 0 unspecified atom stereocenters. The molecule has 3 aromatic heterocycles. The Hall–Kier alpha value is -4.23. The van der Waals surface area contributed by atoms with Gasteiger partial charge in [0.25, 0.3) is 11.8 Å². The lowest BCUT2D eigenvalue weighted by molar-refractivity contribution is -0.274. The van der Waals surface area contributed by atoms with Gasteiger partial charge in [0, 0.05) is 11.6 Å². The van der Waals surface area contributed by atoms with E-state index in [1.54, 1.807) is 30.6 Å². The van der Waals surface area contributed by atoms with Gasteiger partial charge in [-0.2, -0.15) is 5.10 Å². The molecule has 0 bridgehead atoms. The van der Waals surface area contributed by atoms with E-state index in [-0.39, 0.29) is 28.8 Å². The fourth-order valence-electron chi connectivity index (χ4n) is 3.21. The maximum absolute atomic E-state index is 12.5. The first-order chi connectivity index (χ1) is 18.1. The highest BCUT2D eigenvalue weighted by atomic mass is 32.1. The van der Waals surface area contributed by atoms with Crippen molar-refractivity contribution in [1.29, 1.82) is 0 Å². The number of aromatic hydroxyl groups is 1. The summed E-state index contributed by atoms with van der Waals surface area (Å²) in [5, 5.41) is 19.0. The van der Waals surface area contributed by atoms with Crippen LogP contribution in [0.25, 0.3) is 10.4 Å². The highest BCUT2D eigenvalue weighted by Gasteiger charge is 2.31. The second-order valence-electron chi connectivity index (χ2n) is 7.71. The number of nitrogens with one attached hydrogen (secondary N) is 2. The molecule has 2 amide bonds. The summed E-state index contributed by atoms with van der Waals surface area (Å²) in [7, 11) is 0. The van der Waals surface area contributed by atoms with Crippen LogP contribution in [0, 0.1) is 0 Å². The molecule has 0 radical (unpaired) electrons. The van der Waals surface area contributed by atoms with Gasteiger partial charge in [-0.3, -0.25) is 14.6 Å². The molecule has 196 valence electrons. The molecular weight excluding hydrogens is 541 g/mol. The molecule has 1 aromatic carbocycles. The van der Waals surface area contributed by atoms with Crippen LogP contribution < -0.4 is 15.5 Å². The van der Waals surface area contributed by atoms with E-state index >= 15 is 0 Å². The fourth-order valence-corrected chi connectivity index (χ4v) is 5.04. The van der Waals surface area contributed by atoms with Gasteiger partial charge in [-0.25, -0.2) is 5.43 Å². The minimum absolute atomic E-state index is 0.127. The second kappa shape index (κ2) is 11.4. The first-order valence-electron chi connectivity index (χ1n) is 10.9. The summed E-state index contributed by atoms with van der Waals surface area (Å²) in [4.78, 5) is 30.1. The number of rotatable bonds is 8. The lowest BCUT2D eigenvalue weighted by Gasteiger charge is -2.09. The number of nitrogens with zero attached hydrogens (tertiary/aromatic N) is 2. The molecule has 0 atom stereocenters. The van der Waals surface area contributed by atoms with Crippen LogP contribution in [0.2, 0.25) is 0 Å². The van der Waals surface area contributed by atoms with Gasteiger partial charge in [0.05, 0.1) is 38.1 Å². The highest BCUT2D eigenvalue weighted by Crippen LogP contribution is 2.39. The number of thiophene rings is 2. The van der Waals surface area contributed by atoms with Crippen LogP contribution >= 0.6 is 22.7 Å². The Kier molecular flexibility index (Phi) is 8.08. The van der Waals surface area contributed by atoms with E-state index in [9.17, 15) is 27.9 Å². The smallest absolute Gasteiger partial charge is 0.506 e. The number of hydrogen-bond acceptors (Lipinski definition) is 8. The van der Waals surface area contributed by atoms with Gasteiger partial charge in [0.1, 0.15) is 11.5 Å². The van der Waals surface area contributed by atoms with Crippen LogP contribution in [0.3, 0.4) is 0 Å². The molecule has 3 N–H and O–H groups in total. The lowest BCUT2D eigenvalue weighted by Crippen LogP contribution is -2.22. The highest BCUT2D eigenvalue weighted by molar-refractivity contribution is 7.16. The van der Waals surface area contributed by atoms with E-state index in [2.05, 4.69) is 25.6 Å². The summed E-state index contributed by atoms with van der Waals surface area (Å²) < 4.78 is 40.9. The van der Waals surface area contributed by atoms with Gasteiger partial charge in [-0.15, -0.1) is 35.8 Å². The summed E-state index contributed by atoms with van der Waals surface area (Å²) in [6, 6.07) is 13.5. The predicted molar refractivity (Wildman–Crippen MR) is 138 cm³/mol. The quantitative estimate of drug-likeness (QED) is 0.193. The lowest BCUT2D eigenvalue weighted by atomic mass is 10.1. The third kappa shape index (κ3) is 6.75. The molecule has 8 nitrogen and oxygen atoms in total. The van der Waals surface area contributed by atoms with Crippen molar-refractivity contribution in [3.63, 3.8) is 0 Å². The fraction of sp³-hybridized carbons (Fsp3) is 0.120. The number of halogens is 3. The van der Waals surface area contributed by atoms with Crippen molar-refractivity contribution in [2.24, 2.45) is 5.10 Å². The monoisotopic (exact) mass is 560 g/mol. The third-order valence-electron chi connectivity index (χ3n) is 5.04. The Bertz CT molecular complexity index is 1470. The molecule has 0 aliphatic carbocycles. The molecule has 4 aromatic rings. The normalized spacial score (nSPS) is 11.7. The number of pyridine rings is 1. The number of carbonyl (C=O) groups excluding carboxylic acids is 2. The number of amides is 2. The maximum Gasteiger partial charge on any atom is 0.573 e. The molecule has 0 saturated heterocycles.